The summed E-state index contributed by atoms with van der Waals surface area (Å²) < 4.78 is 5.93. The van der Waals surface area contributed by atoms with Crippen LogP contribution in [0.3, 0.4) is 0 Å². The number of Topliss-reactive ketones (excluding diaryl/α,β-unsaturated/α-hetero) is 1. The third-order valence-corrected chi connectivity index (χ3v) is 4.12. The third kappa shape index (κ3) is 9.57. The lowest BCUT2D eigenvalue weighted by Gasteiger charge is -2.30. The zero-order chi connectivity index (χ0) is 17.6. The standard InChI is InChI=1S/C17H32BrNO3/c1-15(2,3)13(20)8-9-17(6,7)22-11-10-16(4,5)19-14(21)12-18/h8-12H2,1-7H3,(H,19,21). The first-order valence-corrected chi connectivity index (χ1v) is 8.95. The quantitative estimate of drug-likeness (QED) is 0.620. The fourth-order valence-electron chi connectivity index (χ4n) is 1.92. The molecule has 0 fully saturated rings. The van der Waals surface area contributed by atoms with Gasteiger partial charge in [0.15, 0.2) is 0 Å². The minimum atomic E-state index is -0.337. The molecule has 0 aliphatic heterocycles. The molecule has 0 atom stereocenters. The average molecular weight is 378 g/mol. The van der Waals surface area contributed by atoms with Crippen LogP contribution in [0, 0.1) is 5.41 Å². The molecule has 0 saturated carbocycles. The van der Waals surface area contributed by atoms with E-state index < -0.39 is 0 Å². The van der Waals surface area contributed by atoms with E-state index >= 15 is 0 Å². The van der Waals surface area contributed by atoms with Crippen LogP contribution < -0.4 is 5.32 Å². The molecule has 0 rings (SSSR count). The molecule has 0 aliphatic rings. The highest BCUT2D eigenvalue weighted by atomic mass is 79.9. The van der Waals surface area contributed by atoms with Crippen molar-refractivity contribution in [3.05, 3.63) is 0 Å². The highest BCUT2D eigenvalue weighted by Crippen LogP contribution is 2.24. The second kappa shape index (κ2) is 8.44. The topological polar surface area (TPSA) is 55.4 Å². The van der Waals surface area contributed by atoms with Crippen LogP contribution in [0.1, 0.15) is 67.7 Å². The Morgan fingerprint density at radius 1 is 1.00 bits per heavy atom. The molecule has 5 heteroatoms. The maximum Gasteiger partial charge on any atom is 0.231 e. The summed E-state index contributed by atoms with van der Waals surface area (Å²) >= 11 is 3.14. The number of hydrogen-bond acceptors (Lipinski definition) is 3. The Morgan fingerprint density at radius 3 is 2.00 bits per heavy atom. The number of nitrogens with one attached hydrogen (secondary N) is 1. The van der Waals surface area contributed by atoms with Crippen molar-refractivity contribution >= 4 is 27.6 Å². The van der Waals surface area contributed by atoms with E-state index in [-0.39, 0.29) is 28.2 Å². The molecule has 1 N–H and O–H groups in total. The van der Waals surface area contributed by atoms with Gasteiger partial charge in [-0.3, -0.25) is 9.59 Å². The summed E-state index contributed by atoms with van der Waals surface area (Å²) in [7, 11) is 0. The molecule has 0 bridgehead atoms. The van der Waals surface area contributed by atoms with E-state index in [0.29, 0.717) is 24.8 Å². The van der Waals surface area contributed by atoms with Crippen molar-refractivity contribution in [2.75, 3.05) is 11.9 Å². The van der Waals surface area contributed by atoms with Crippen LogP contribution in [0.25, 0.3) is 0 Å². The first kappa shape index (κ1) is 21.6. The number of amides is 1. The number of hydrogen-bond donors (Lipinski definition) is 1. The molecule has 0 aromatic rings. The second-order valence-electron chi connectivity index (χ2n) is 8.10. The number of carbonyl (C=O) groups is 2. The number of halogens is 1. The van der Waals surface area contributed by atoms with E-state index in [1.807, 2.05) is 48.5 Å². The Labute approximate surface area is 143 Å². The largest absolute Gasteiger partial charge is 0.375 e. The molecule has 22 heavy (non-hydrogen) atoms. The van der Waals surface area contributed by atoms with Gasteiger partial charge in [0.25, 0.3) is 0 Å². The lowest BCUT2D eigenvalue weighted by atomic mass is 9.86. The Hall–Kier alpha value is -0.420. The van der Waals surface area contributed by atoms with Crippen molar-refractivity contribution in [2.24, 2.45) is 5.41 Å². The van der Waals surface area contributed by atoms with Gasteiger partial charge in [-0.1, -0.05) is 36.7 Å². The van der Waals surface area contributed by atoms with E-state index in [1.165, 1.54) is 0 Å². The maximum absolute atomic E-state index is 12.0. The summed E-state index contributed by atoms with van der Waals surface area (Å²) in [4.78, 5) is 23.4. The predicted molar refractivity (Wildman–Crippen MR) is 94.4 cm³/mol. The monoisotopic (exact) mass is 377 g/mol. The van der Waals surface area contributed by atoms with Crippen LogP contribution in [0.5, 0.6) is 0 Å². The third-order valence-electron chi connectivity index (χ3n) is 3.61. The van der Waals surface area contributed by atoms with Crippen LogP contribution in [-0.4, -0.2) is 34.8 Å². The minimum Gasteiger partial charge on any atom is -0.375 e. The highest BCUT2D eigenvalue weighted by molar-refractivity contribution is 9.09. The van der Waals surface area contributed by atoms with E-state index in [0.717, 1.165) is 6.42 Å². The fourth-order valence-corrected chi connectivity index (χ4v) is 2.06. The second-order valence-corrected chi connectivity index (χ2v) is 8.66. The molecule has 0 aromatic heterocycles. The Balaban J connectivity index is 4.22. The molecule has 0 radical (unpaired) electrons. The summed E-state index contributed by atoms with van der Waals surface area (Å²) in [6.45, 7) is 14.3. The lowest BCUT2D eigenvalue weighted by Crippen LogP contribution is -2.45. The Morgan fingerprint density at radius 2 is 1.55 bits per heavy atom. The van der Waals surface area contributed by atoms with Crippen molar-refractivity contribution in [2.45, 2.75) is 78.9 Å². The first-order chi connectivity index (χ1) is 9.79. The zero-order valence-corrected chi connectivity index (χ0v) is 16.7. The number of ketones is 1. The van der Waals surface area contributed by atoms with Crippen molar-refractivity contribution in [3.8, 4) is 0 Å². The van der Waals surface area contributed by atoms with Gasteiger partial charge in [0.05, 0.1) is 10.9 Å². The lowest BCUT2D eigenvalue weighted by molar-refractivity contribution is -0.128. The predicted octanol–water partition coefficient (Wildman–Crippen LogP) is 3.86. The number of alkyl halides is 1. The SMILES string of the molecule is CC(C)(CCOC(C)(C)CCC(=O)C(C)(C)C)NC(=O)CBr. The smallest absolute Gasteiger partial charge is 0.231 e. The van der Waals surface area contributed by atoms with Gasteiger partial charge in [-0.15, -0.1) is 0 Å². The molecule has 0 saturated heterocycles. The molecule has 4 nitrogen and oxygen atoms in total. The van der Waals surface area contributed by atoms with Crippen molar-refractivity contribution in [3.63, 3.8) is 0 Å². The summed E-state index contributed by atoms with van der Waals surface area (Å²) in [5.41, 5.74) is -0.934. The number of rotatable bonds is 9. The molecule has 0 aliphatic carbocycles. The summed E-state index contributed by atoms with van der Waals surface area (Å²) in [5, 5.41) is 3.25. The van der Waals surface area contributed by atoms with Crippen molar-refractivity contribution in [1.29, 1.82) is 0 Å². The van der Waals surface area contributed by atoms with E-state index in [1.54, 1.807) is 0 Å². The number of ether oxygens (including phenoxy) is 1. The molecule has 0 aromatic carbocycles. The zero-order valence-electron chi connectivity index (χ0n) is 15.1. The van der Waals surface area contributed by atoms with Crippen LogP contribution in [0.4, 0.5) is 0 Å². The van der Waals surface area contributed by atoms with Crippen LogP contribution >= 0.6 is 15.9 Å². The molecule has 0 heterocycles. The van der Waals surface area contributed by atoms with Gasteiger partial charge < -0.3 is 10.1 Å². The number of carbonyl (C=O) groups excluding carboxylic acids is 2. The van der Waals surface area contributed by atoms with Gasteiger partial charge in [-0.05, 0) is 40.5 Å². The van der Waals surface area contributed by atoms with E-state index in [4.69, 9.17) is 4.74 Å². The van der Waals surface area contributed by atoms with Crippen LogP contribution in [0.15, 0.2) is 0 Å². The molecule has 1 amide bonds. The summed E-state index contributed by atoms with van der Waals surface area (Å²) in [6, 6.07) is 0. The minimum absolute atomic E-state index is 0.0277. The van der Waals surface area contributed by atoms with Gasteiger partial charge in [-0.25, -0.2) is 0 Å². The molecule has 0 unspecified atom stereocenters. The normalized spacial score (nSPS) is 13.1. The van der Waals surface area contributed by atoms with Crippen LogP contribution in [-0.2, 0) is 14.3 Å². The molecular formula is C17H32BrNO3. The van der Waals surface area contributed by atoms with Gasteiger partial charge in [0.1, 0.15) is 5.78 Å². The van der Waals surface area contributed by atoms with Gasteiger partial charge in [-0.2, -0.15) is 0 Å². The molecule has 130 valence electrons. The van der Waals surface area contributed by atoms with Gasteiger partial charge in [0, 0.05) is 24.0 Å². The molecule has 0 spiro atoms. The first-order valence-electron chi connectivity index (χ1n) is 7.83. The van der Waals surface area contributed by atoms with Crippen molar-refractivity contribution < 1.29 is 14.3 Å². The maximum atomic E-state index is 12.0. The van der Waals surface area contributed by atoms with E-state index in [9.17, 15) is 9.59 Å². The van der Waals surface area contributed by atoms with Crippen molar-refractivity contribution in [1.82, 2.24) is 5.32 Å². The Bertz CT molecular complexity index is 384. The van der Waals surface area contributed by atoms with Crippen LogP contribution in [0.2, 0.25) is 0 Å². The van der Waals surface area contributed by atoms with Gasteiger partial charge in [0.2, 0.25) is 5.91 Å². The summed E-state index contributed by atoms with van der Waals surface area (Å²) in [6.07, 6.45) is 1.96. The highest BCUT2D eigenvalue weighted by Gasteiger charge is 2.27. The summed E-state index contributed by atoms with van der Waals surface area (Å²) in [5.74, 6) is 0.231. The fraction of sp³-hybridized carbons (Fsp3) is 0.882. The molecular weight excluding hydrogens is 346 g/mol. The Kier molecular flexibility index (Phi) is 8.28. The van der Waals surface area contributed by atoms with E-state index in [2.05, 4.69) is 21.2 Å². The van der Waals surface area contributed by atoms with Gasteiger partial charge >= 0.3 is 0 Å². The average Bonchev–Trinajstić information content (AvgIpc) is 2.33.